The van der Waals surface area contributed by atoms with E-state index in [4.69, 9.17) is 34.3 Å². The van der Waals surface area contributed by atoms with Crippen molar-refractivity contribution in [3.8, 4) is 0 Å². The summed E-state index contributed by atoms with van der Waals surface area (Å²) in [6.45, 7) is 0. The van der Waals surface area contributed by atoms with Crippen LogP contribution in [0.15, 0.2) is 30.3 Å². The average molecular weight is 639 g/mol. The van der Waals surface area contributed by atoms with Gasteiger partial charge in [-0.2, -0.15) is 13.2 Å². The Labute approximate surface area is 250 Å². The predicted molar refractivity (Wildman–Crippen MR) is 165 cm³/mol. The first-order chi connectivity index (χ1) is 16.7. The van der Waals surface area contributed by atoms with Crippen LogP contribution in [0.3, 0.4) is 0 Å². The molecule has 0 atom stereocenters. The molecule has 38 heavy (non-hydrogen) atoms. The van der Waals surface area contributed by atoms with Crippen molar-refractivity contribution >= 4 is 77.9 Å². The Morgan fingerprint density at radius 2 is 0.974 bits per heavy atom. The molecule has 0 radical (unpaired) electrons. The number of benzene rings is 1. The summed E-state index contributed by atoms with van der Waals surface area (Å²) in [6, 6.07) is 8.84. The van der Waals surface area contributed by atoms with Crippen molar-refractivity contribution in [2.75, 3.05) is 84.6 Å². The van der Waals surface area contributed by atoms with E-state index in [-0.39, 0.29) is 5.05 Å². The van der Waals surface area contributed by atoms with Crippen LogP contribution in [0.4, 0.5) is 13.2 Å². The van der Waals surface area contributed by atoms with Gasteiger partial charge in [-0.25, -0.2) is 0 Å². The largest absolute Gasteiger partial charge is 0.864 e. The maximum absolute atomic E-state index is 10.5. The number of thiocarbonyl (C=S) groups is 3. The number of alkyl halides is 3. The highest BCUT2D eigenvalue weighted by atomic mass is 33.1. The summed E-state index contributed by atoms with van der Waals surface area (Å²) in [5.41, 5.74) is 0.590. The Kier molecular flexibility index (Phi) is 24.9. The molecule has 0 saturated heterocycles. The molecule has 7 nitrogen and oxygen atoms in total. The number of carbonyl (C=O) groups excluding carboxylic acids is 1. The predicted octanol–water partition coefficient (Wildman–Crippen LogP) is 2.73. The minimum Gasteiger partial charge on any atom is -0.864 e. The first kappa shape index (κ1) is 43.8. The molecule has 0 amide bonds. The Bertz CT molecular complexity index is 784. The number of hydrogen-bond acceptors (Lipinski definition) is 8. The lowest BCUT2D eigenvalue weighted by molar-refractivity contribution is -0.849. The summed E-state index contributed by atoms with van der Waals surface area (Å²) >= 11 is 14.6. The van der Waals surface area contributed by atoms with Gasteiger partial charge in [0, 0.05) is 28.2 Å². The second-order valence-corrected chi connectivity index (χ2v) is 14.1. The molecule has 0 aliphatic carbocycles. The van der Waals surface area contributed by atoms with E-state index in [1.54, 1.807) is 24.3 Å². The average Bonchev–Trinajstić information content (AvgIpc) is 2.70. The minimum absolute atomic E-state index is 0.296. The van der Waals surface area contributed by atoms with Gasteiger partial charge in [-0.05, 0) is 32.2 Å². The zero-order chi connectivity index (χ0) is 31.5. The monoisotopic (exact) mass is 638 g/mol. The molecular weight excluding hydrogens is 598 g/mol. The van der Waals surface area contributed by atoms with Crippen molar-refractivity contribution in [1.29, 1.82) is 0 Å². The van der Waals surface area contributed by atoms with Gasteiger partial charge in [-0.15, -0.1) is 0 Å². The van der Waals surface area contributed by atoms with Crippen LogP contribution in [0, 0.1) is 0 Å². The maximum Gasteiger partial charge on any atom is 0.430 e. The first-order valence-electron chi connectivity index (χ1n) is 10.6. The molecule has 15 heteroatoms. The van der Waals surface area contributed by atoms with Crippen LogP contribution in [0.1, 0.15) is 5.56 Å². The van der Waals surface area contributed by atoms with E-state index in [9.17, 15) is 18.3 Å². The molecule has 1 aromatic carbocycles. The molecule has 0 saturated carbocycles. The smallest absolute Gasteiger partial charge is 0.430 e. The fourth-order valence-electron chi connectivity index (χ4n) is 0.795. The van der Waals surface area contributed by atoms with Crippen LogP contribution in [-0.2, 0) is 4.79 Å². The normalized spacial score (nSPS) is 10.3. The van der Waals surface area contributed by atoms with Crippen molar-refractivity contribution in [3.05, 3.63) is 35.9 Å². The van der Waals surface area contributed by atoms with Crippen LogP contribution in [-0.4, -0.2) is 129 Å². The highest BCUT2D eigenvalue weighted by molar-refractivity contribution is 8.89. The number of carboxylic acid groups (broad SMARTS) is 1. The molecule has 0 aliphatic rings. The molecule has 0 heterocycles. The molecular formula is C23H41F3N4O3S5. The number of aliphatic carboxylic acids is 1. The molecule has 0 aromatic heterocycles. The summed E-state index contributed by atoms with van der Waals surface area (Å²) in [4.78, 5) is 12.6. The molecule has 1 rings (SSSR count). The van der Waals surface area contributed by atoms with E-state index in [1.165, 1.54) is 21.6 Å². The standard InChI is InChI=1S/C7H6OS.C6H12N2S4.2C4H12N.C2HF3O2/c8-7(9)6-4-2-1-3-5-6;1-7(2)5(9)11-12-6(10)8(3)4;2*1-5(2,3)4;3-2(4,5)1(6)7/h1-5H,(H,8,9);1-4H3;2*1-4H3;(H,6,7)/q;;2*+1;/p-2. The van der Waals surface area contributed by atoms with Crippen molar-refractivity contribution in [1.82, 2.24) is 9.80 Å². The van der Waals surface area contributed by atoms with E-state index in [0.29, 0.717) is 5.56 Å². The third-order valence-electron chi connectivity index (χ3n) is 2.16. The van der Waals surface area contributed by atoms with E-state index >= 15 is 0 Å². The van der Waals surface area contributed by atoms with Crippen LogP contribution >= 0.6 is 58.2 Å². The number of carbonyl (C=O) groups is 1. The van der Waals surface area contributed by atoms with Crippen molar-refractivity contribution in [3.63, 3.8) is 0 Å². The first-order valence-corrected chi connectivity index (χ1v) is 14.0. The molecule has 0 N–H and O–H groups in total. The Morgan fingerprint density at radius 3 is 1.11 bits per heavy atom. The lowest BCUT2D eigenvalue weighted by Gasteiger charge is -2.15. The maximum atomic E-state index is 10.5. The van der Waals surface area contributed by atoms with Gasteiger partial charge < -0.3 is 33.8 Å². The fraction of sp³-hybridized carbons (Fsp3) is 0.565. The van der Waals surface area contributed by atoms with E-state index in [2.05, 4.69) is 68.6 Å². The van der Waals surface area contributed by atoms with E-state index in [1.807, 2.05) is 44.1 Å². The summed E-state index contributed by atoms with van der Waals surface area (Å²) in [6.07, 6.45) is -5.19. The number of halogens is 3. The van der Waals surface area contributed by atoms with Crippen LogP contribution in [0.2, 0.25) is 0 Å². The highest BCUT2D eigenvalue weighted by Gasteiger charge is 2.28. The van der Waals surface area contributed by atoms with Crippen molar-refractivity contribution in [2.45, 2.75) is 6.18 Å². The molecule has 0 spiro atoms. The molecule has 0 bridgehead atoms. The van der Waals surface area contributed by atoms with Crippen LogP contribution < -0.4 is 10.2 Å². The van der Waals surface area contributed by atoms with E-state index in [0.717, 1.165) is 17.6 Å². The summed E-state index contributed by atoms with van der Waals surface area (Å²) in [5.74, 6) is -3.01. The summed E-state index contributed by atoms with van der Waals surface area (Å²) in [5, 5.41) is 18.9. The zero-order valence-corrected chi connectivity index (χ0v) is 28.2. The van der Waals surface area contributed by atoms with Gasteiger partial charge >= 0.3 is 6.18 Å². The Morgan fingerprint density at radius 1 is 0.737 bits per heavy atom. The van der Waals surface area contributed by atoms with Gasteiger partial charge in [-0.3, -0.25) is 0 Å². The number of nitrogens with zero attached hydrogens (tertiary/aromatic N) is 4. The SMILES string of the molecule is CN(C)C(=S)SSC(=S)N(C)C.C[N+](C)(C)C.C[N+](C)(C)C.O=C([O-])C(F)(F)F.[O-]C(=S)c1ccccc1. The van der Waals surface area contributed by atoms with Gasteiger partial charge in [0.25, 0.3) is 0 Å². The fourth-order valence-corrected chi connectivity index (χ4v) is 3.31. The topological polar surface area (TPSA) is 69.7 Å². The van der Waals surface area contributed by atoms with Gasteiger partial charge in [0.1, 0.15) is 14.6 Å². The lowest BCUT2D eigenvalue weighted by Crippen LogP contribution is -2.37. The number of hydrogen-bond donors (Lipinski definition) is 0. The van der Waals surface area contributed by atoms with Crippen molar-refractivity contribution in [2.24, 2.45) is 0 Å². The van der Waals surface area contributed by atoms with Gasteiger partial charge in [-0.1, -0.05) is 67.0 Å². The molecule has 0 aliphatic heterocycles. The van der Waals surface area contributed by atoms with Gasteiger partial charge in [0.15, 0.2) is 0 Å². The zero-order valence-electron chi connectivity index (χ0n) is 24.1. The third-order valence-corrected chi connectivity index (χ3v) is 6.55. The van der Waals surface area contributed by atoms with Gasteiger partial charge in [0.05, 0.1) is 56.4 Å². The Balaban J connectivity index is -0.000000199. The Hall–Kier alpha value is -1.23. The van der Waals surface area contributed by atoms with E-state index < -0.39 is 12.1 Å². The third kappa shape index (κ3) is 44.7. The number of carboxylic acids is 1. The van der Waals surface area contributed by atoms with Crippen molar-refractivity contribution < 1.29 is 37.1 Å². The summed E-state index contributed by atoms with van der Waals surface area (Å²) in [7, 11) is 27.7. The highest BCUT2D eigenvalue weighted by Crippen LogP contribution is 2.26. The second kappa shape index (κ2) is 21.6. The van der Waals surface area contributed by atoms with Crippen LogP contribution in [0.25, 0.3) is 0 Å². The minimum atomic E-state index is -5.19. The number of quaternary nitrogens is 2. The molecule has 0 unspecified atom stereocenters. The number of rotatable bonds is 1. The lowest BCUT2D eigenvalue weighted by atomic mass is 10.2. The second-order valence-electron chi connectivity index (χ2n) is 10.3. The summed E-state index contributed by atoms with van der Waals surface area (Å²) < 4.78 is 35.2. The van der Waals surface area contributed by atoms with Crippen LogP contribution in [0.5, 0.6) is 0 Å². The molecule has 222 valence electrons. The quantitative estimate of drug-likeness (QED) is 0.261. The molecule has 1 aromatic rings. The molecule has 0 fully saturated rings. The van der Waals surface area contributed by atoms with Gasteiger partial charge in [0.2, 0.25) is 0 Å².